The molecular weight excluding hydrogens is 291 g/mol. The summed E-state index contributed by atoms with van der Waals surface area (Å²) in [6.45, 7) is 2.78. The van der Waals surface area contributed by atoms with Crippen LogP contribution in [0.15, 0.2) is 30.3 Å². The van der Waals surface area contributed by atoms with Gasteiger partial charge in [0.2, 0.25) is 5.95 Å². The summed E-state index contributed by atoms with van der Waals surface area (Å²) in [7, 11) is 0. The Bertz CT molecular complexity index is 614. The van der Waals surface area contributed by atoms with Crippen LogP contribution in [0.2, 0.25) is 0 Å². The lowest BCUT2D eigenvalue weighted by Gasteiger charge is -2.07. The monoisotopic (exact) mass is 309 g/mol. The predicted octanol–water partition coefficient (Wildman–Crippen LogP) is 4.46. The fraction of sp³-hybridized carbons (Fsp3) is 0.353. The maximum atomic E-state index is 13.4. The Hall–Kier alpha value is -2.04. The molecule has 1 heterocycles. The summed E-state index contributed by atoms with van der Waals surface area (Å²) in [5.74, 6) is -2.71. The SMILES string of the molecule is CCCCOc1ccc(CCc2cc(F)c(F)nc2F)cc1. The number of hydrogen-bond acceptors (Lipinski definition) is 2. The summed E-state index contributed by atoms with van der Waals surface area (Å²) >= 11 is 0. The molecule has 5 heteroatoms. The molecule has 0 fully saturated rings. The standard InChI is InChI=1S/C17H18F3NO/c1-2-3-10-22-14-8-5-12(6-9-14)4-7-13-11-15(18)17(20)21-16(13)19/h5-6,8-9,11H,2-4,7,10H2,1H3. The Kier molecular flexibility index (Phi) is 5.81. The van der Waals surface area contributed by atoms with E-state index in [2.05, 4.69) is 11.9 Å². The van der Waals surface area contributed by atoms with E-state index in [9.17, 15) is 13.2 Å². The Morgan fingerprint density at radius 1 is 1.00 bits per heavy atom. The molecule has 0 saturated carbocycles. The van der Waals surface area contributed by atoms with Crippen molar-refractivity contribution in [2.45, 2.75) is 32.6 Å². The molecule has 0 N–H and O–H groups in total. The highest BCUT2D eigenvalue weighted by Crippen LogP contribution is 2.16. The quantitative estimate of drug-likeness (QED) is 0.556. The average molecular weight is 309 g/mol. The van der Waals surface area contributed by atoms with Crippen LogP contribution in [0.25, 0.3) is 0 Å². The van der Waals surface area contributed by atoms with Crippen molar-refractivity contribution in [1.82, 2.24) is 4.98 Å². The number of pyridine rings is 1. The van der Waals surface area contributed by atoms with Crippen LogP contribution in [-0.4, -0.2) is 11.6 Å². The first-order chi connectivity index (χ1) is 10.6. The van der Waals surface area contributed by atoms with Crippen molar-refractivity contribution in [1.29, 1.82) is 0 Å². The second kappa shape index (κ2) is 7.82. The van der Waals surface area contributed by atoms with Gasteiger partial charge >= 0.3 is 0 Å². The molecule has 0 unspecified atom stereocenters. The molecule has 0 spiro atoms. The molecule has 2 nitrogen and oxygen atoms in total. The van der Waals surface area contributed by atoms with Gasteiger partial charge in [0, 0.05) is 5.56 Å². The van der Waals surface area contributed by atoms with E-state index in [0.717, 1.165) is 30.2 Å². The zero-order chi connectivity index (χ0) is 15.9. The van der Waals surface area contributed by atoms with Gasteiger partial charge in [0.25, 0.3) is 5.95 Å². The highest BCUT2D eigenvalue weighted by atomic mass is 19.2. The minimum atomic E-state index is -1.41. The van der Waals surface area contributed by atoms with Gasteiger partial charge in [-0.15, -0.1) is 0 Å². The van der Waals surface area contributed by atoms with Crippen molar-refractivity contribution in [3.63, 3.8) is 0 Å². The summed E-state index contributed by atoms with van der Waals surface area (Å²) in [6.07, 6.45) is 2.85. The smallest absolute Gasteiger partial charge is 0.251 e. The number of unbranched alkanes of at least 4 members (excludes halogenated alkanes) is 1. The molecule has 0 aliphatic carbocycles. The lowest BCUT2D eigenvalue weighted by molar-refractivity contribution is 0.309. The van der Waals surface area contributed by atoms with Gasteiger partial charge in [0.05, 0.1) is 6.61 Å². The van der Waals surface area contributed by atoms with Crippen LogP contribution in [0.5, 0.6) is 5.75 Å². The number of nitrogens with zero attached hydrogens (tertiary/aromatic N) is 1. The molecule has 0 saturated heterocycles. The van der Waals surface area contributed by atoms with Crippen LogP contribution in [0.1, 0.15) is 30.9 Å². The van der Waals surface area contributed by atoms with Crippen LogP contribution >= 0.6 is 0 Å². The van der Waals surface area contributed by atoms with Crippen LogP contribution in [0, 0.1) is 17.7 Å². The largest absolute Gasteiger partial charge is 0.494 e. The summed E-state index contributed by atoms with van der Waals surface area (Å²) < 4.78 is 44.8. The Morgan fingerprint density at radius 3 is 2.41 bits per heavy atom. The van der Waals surface area contributed by atoms with Crippen LogP contribution in [-0.2, 0) is 12.8 Å². The molecule has 1 aromatic heterocycles. The van der Waals surface area contributed by atoms with E-state index in [4.69, 9.17) is 4.74 Å². The number of ether oxygens (including phenoxy) is 1. The first-order valence-corrected chi connectivity index (χ1v) is 7.32. The van der Waals surface area contributed by atoms with Crippen molar-refractivity contribution in [3.05, 3.63) is 59.2 Å². The van der Waals surface area contributed by atoms with E-state index in [1.165, 1.54) is 0 Å². The van der Waals surface area contributed by atoms with Gasteiger partial charge in [-0.3, -0.25) is 0 Å². The van der Waals surface area contributed by atoms with Crippen LogP contribution in [0.4, 0.5) is 13.2 Å². The summed E-state index contributed by atoms with van der Waals surface area (Å²) in [5, 5.41) is 0. The second-order valence-corrected chi connectivity index (χ2v) is 5.06. The van der Waals surface area contributed by atoms with Crippen LogP contribution < -0.4 is 4.74 Å². The molecule has 0 atom stereocenters. The molecule has 0 bridgehead atoms. The molecule has 1 aromatic carbocycles. The van der Waals surface area contributed by atoms with Gasteiger partial charge in [0.1, 0.15) is 5.75 Å². The number of rotatable bonds is 7. The third-order valence-corrected chi connectivity index (χ3v) is 3.33. The normalized spacial score (nSPS) is 10.7. The molecule has 2 aromatic rings. The minimum Gasteiger partial charge on any atom is -0.494 e. The number of hydrogen-bond donors (Lipinski definition) is 0. The van der Waals surface area contributed by atoms with Crippen molar-refractivity contribution in [2.24, 2.45) is 0 Å². The van der Waals surface area contributed by atoms with E-state index in [1.807, 2.05) is 24.3 Å². The van der Waals surface area contributed by atoms with E-state index in [0.29, 0.717) is 13.0 Å². The molecular formula is C17H18F3NO. The minimum absolute atomic E-state index is 0.0715. The number of benzene rings is 1. The number of aromatic nitrogens is 1. The van der Waals surface area contributed by atoms with E-state index in [-0.39, 0.29) is 12.0 Å². The summed E-state index contributed by atoms with van der Waals surface area (Å²) in [4.78, 5) is 2.91. The molecule has 0 radical (unpaired) electrons. The van der Waals surface area contributed by atoms with Crippen molar-refractivity contribution in [3.8, 4) is 5.75 Å². The molecule has 2 rings (SSSR count). The van der Waals surface area contributed by atoms with E-state index < -0.39 is 17.7 Å². The number of halogens is 3. The highest BCUT2D eigenvalue weighted by molar-refractivity contribution is 5.28. The molecule has 0 aliphatic rings. The van der Waals surface area contributed by atoms with Gasteiger partial charge < -0.3 is 4.74 Å². The first-order valence-electron chi connectivity index (χ1n) is 7.32. The number of aryl methyl sites for hydroxylation is 2. The van der Waals surface area contributed by atoms with Gasteiger partial charge in [-0.05, 0) is 43.0 Å². The lowest BCUT2D eigenvalue weighted by Crippen LogP contribution is -2.02. The predicted molar refractivity (Wildman–Crippen MR) is 78.4 cm³/mol. The lowest BCUT2D eigenvalue weighted by atomic mass is 10.1. The second-order valence-electron chi connectivity index (χ2n) is 5.06. The summed E-state index contributed by atoms with van der Waals surface area (Å²) in [6, 6.07) is 8.33. The molecule has 0 amide bonds. The highest BCUT2D eigenvalue weighted by Gasteiger charge is 2.11. The molecule has 0 aliphatic heterocycles. The molecule has 118 valence electrons. The Labute approximate surface area is 128 Å². The Morgan fingerprint density at radius 2 is 1.73 bits per heavy atom. The third-order valence-electron chi connectivity index (χ3n) is 3.33. The van der Waals surface area contributed by atoms with Gasteiger partial charge in [-0.25, -0.2) is 4.39 Å². The van der Waals surface area contributed by atoms with E-state index >= 15 is 0 Å². The summed E-state index contributed by atoms with van der Waals surface area (Å²) in [5.41, 5.74) is 1.04. The average Bonchev–Trinajstić information content (AvgIpc) is 2.51. The van der Waals surface area contributed by atoms with Crippen LogP contribution in [0.3, 0.4) is 0 Å². The topological polar surface area (TPSA) is 22.1 Å². The van der Waals surface area contributed by atoms with Crippen molar-refractivity contribution in [2.75, 3.05) is 6.61 Å². The zero-order valence-electron chi connectivity index (χ0n) is 12.4. The Balaban J connectivity index is 1.93. The zero-order valence-corrected chi connectivity index (χ0v) is 12.4. The fourth-order valence-corrected chi connectivity index (χ4v) is 2.02. The van der Waals surface area contributed by atoms with Crippen molar-refractivity contribution >= 4 is 0 Å². The van der Waals surface area contributed by atoms with Gasteiger partial charge in [0.15, 0.2) is 5.82 Å². The van der Waals surface area contributed by atoms with E-state index in [1.54, 1.807) is 0 Å². The van der Waals surface area contributed by atoms with Gasteiger partial charge in [-0.2, -0.15) is 13.8 Å². The maximum absolute atomic E-state index is 13.4. The maximum Gasteiger partial charge on any atom is 0.251 e. The molecule has 22 heavy (non-hydrogen) atoms. The first kappa shape index (κ1) is 16.3. The third kappa shape index (κ3) is 4.48. The fourth-order valence-electron chi connectivity index (χ4n) is 2.02. The van der Waals surface area contributed by atoms with Gasteiger partial charge in [-0.1, -0.05) is 25.5 Å². The van der Waals surface area contributed by atoms with Crippen molar-refractivity contribution < 1.29 is 17.9 Å².